The van der Waals surface area contributed by atoms with Crippen molar-refractivity contribution in [2.75, 3.05) is 25.0 Å². The summed E-state index contributed by atoms with van der Waals surface area (Å²) >= 11 is 6.38. The van der Waals surface area contributed by atoms with Gasteiger partial charge in [-0.2, -0.15) is 0 Å². The molecule has 1 heterocycles. The SMILES string of the molecule is CNCc1ccc(N2CCCCCC2)c(Cl)c1. The number of hydrogen-bond donors (Lipinski definition) is 1. The van der Waals surface area contributed by atoms with Crippen LogP contribution >= 0.6 is 11.6 Å². The van der Waals surface area contributed by atoms with Gasteiger partial charge in [-0.15, -0.1) is 0 Å². The molecule has 1 aliphatic heterocycles. The van der Waals surface area contributed by atoms with Crippen molar-refractivity contribution >= 4 is 17.3 Å². The highest BCUT2D eigenvalue weighted by atomic mass is 35.5. The molecule has 1 N–H and O–H groups in total. The Morgan fingerprint density at radius 1 is 1.18 bits per heavy atom. The molecule has 0 radical (unpaired) electrons. The molecule has 0 bridgehead atoms. The van der Waals surface area contributed by atoms with E-state index in [0.717, 1.165) is 24.7 Å². The summed E-state index contributed by atoms with van der Waals surface area (Å²) in [5, 5.41) is 4.04. The van der Waals surface area contributed by atoms with Gasteiger partial charge in [0.15, 0.2) is 0 Å². The number of nitrogens with one attached hydrogen (secondary N) is 1. The summed E-state index contributed by atoms with van der Waals surface area (Å²) in [6.07, 6.45) is 5.28. The van der Waals surface area contributed by atoms with Gasteiger partial charge >= 0.3 is 0 Å². The Kier molecular flexibility index (Phi) is 4.69. The van der Waals surface area contributed by atoms with E-state index in [4.69, 9.17) is 11.6 Å². The van der Waals surface area contributed by atoms with Gasteiger partial charge in [-0.05, 0) is 37.6 Å². The topological polar surface area (TPSA) is 15.3 Å². The van der Waals surface area contributed by atoms with Crippen molar-refractivity contribution in [1.82, 2.24) is 5.32 Å². The van der Waals surface area contributed by atoms with Crippen LogP contribution in [-0.2, 0) is 6.54 Å². The van der Waals surface area contributed by atoms with E-state index in [1.165, 1.54) is 36.9 Å². The van der Waals surface area contributed by atoms with Crippen molar-refractivity contribution in [3.05, 3.63) is 28.8 Å². The summed E-state index contributed by atoms with van der Waals surface area (Å²) in [6.45, 7) is 3.16. The third-order valence-corrected chi connectivity index (χ3v) is 3.64. The van der Waals surface area contributed by atoms with Crippen molar-refractivity contribution in [2.24, 2.45) is 0 Å². The zero-order valence-electron chi connectivity index (χ0n) is 10.5. The van der Waals surface area contributed by atoms with E-state index in [1.54, 1.807) is 0 Å². The average molecular weight is 253 g/mol. The normalized spacial score (nSPS) is 16.9. The van der Waals surface area contributed by atoms with Crippen LogP contribution in [0.3, 0.4) is 0 Å². The molecule has 0 aliphatic carbocycles. The fourth-order valence-electron chi connectivity index (χ4n) is 2.43. The minimum absolute atomic E-state index is 0.875. The zero-order valence-corrected chi connectivity index (χ0v) is 11.3. The van der Waals surface area contributed by atoms with Crippen LogP contribution in [0.2, 0.25) is 5.02 Å². The summed E-state index contributed by atoms with van der Waals surface area (Å²) in [5.74, 6) is 0. The highest BCUT2D eigenvalue weighted by molar-refractivity contribution is 6.33. The van der Waals surface area contributed by atoms with Gasteiger partial charge in [-0.25, -0.2) is 0 Å². The molecule has 1 aliphatic rings. The minimum atomic E-state index is 0.875. The van der Waals surface area contributed by atoms with Crippen LogP contribution in [0.5, 0.6) is 0 Å². The number of halogens is 1. The highest BCUT2D eigenvalue weighted by Gasteiger charge is 2.12. The molecular weight excluding hydrogens is 232 g/mol. The molecule has 17 heavy (non-hydrogen) atoms. The predicted octanol–water partition coefficient (Wildman–Crippen LogP) is 3.44. The first kappa shape index (κ1) is 12.7. The van der Waals surface area contributed by atoms with Crippen molar-refractivity contribution in [1.29, 1.82) is 0 Å². The molecule has 1 saturated heterocycles. The standard InChI is InChI=1S/C14H21ClN2/c1-16-11-12-6-7-14(13(15)10-12)17-8-4-2-3-5-9-17/h6-7,10,16H,2-5,8-9,11H2,1H3. The van der Waals surface area contributed by atoms with E-state index in [0.29, 0.717) is 0 Å². The maximum Gasteiger partial charge on any atom is 0.0642 e. The molecule has 2 rings (SSSR count). The molecule has 3 heteroatoms. The van der Waals surface area contributed by atoms with E-state index in [-0.39, 0.29) is 0 Å². The lowest BCUT2D eigenvalue weighted by molar-refractivity contribution is 0.726. The fraction of sp³-hybridized carbons (Fsp3) is 0.571. The molecule has 0 spiro atoms. The van der Waals surface area contributed by atoms with E-state index in [9.17, 15) is 0 Å². The third-order valence-electron chi connectivity index (χ3n) is 3.34. The van der Waals surface area contributed by atoms with Crippen molar-refractivity contribution in [3.63, 3.8) is 0 Å². The molecule has 0 atom stereocenters. The monoisotopic (exact) mass is 252 g/mol. The van der Waals surface area contributed by atoms with Gasteiger partial charge in [0.2, 0.25) is 0 Å². The van der Waals surface area contributed by atoms with Gasteiger partial charge < -0.3 is 10.2 Å². The van der Waals surface area contributed by atoms with Gasteiger partial charge in [0.1, 0.15) is 0 Å². The molecule has 0 saturated carbocycles. The summed E-state index contributed by atoms with van der Waals surface area (Å²) in [5.41, 5.74) is 2.45. The second-order valence-corrected chi connectivity index (χ2v) is 5.12. The first-order chi connectivity index (χ1) is 8.31. The largest absolute Gasteiger partial charge is 0.370 e. The predicted molar refractivity (Wildman–Crippen MR) is 74.9 cm³/mol. The Hall–Kier alpha value is -0.730. The smallest absolute Gasteiger partial charge is 0.0642 e. The number of hydrogen-bond acceptors (Lipinski definition) is 2. The van der Waals surface area contributed by atoms with Gasteiger partial charge in [0.25, 0.3) is 0 Å². The summed E-state index contributed by atoms with van der Waals surface area (Å²) in [4.78, 5) is 2.43. The van der Waals surface area contributed by atoms with Crippen LogP contribution in [-0.4, -0.2) is 20.1 Å². The highest BCUT2D eigenvalue weighted by Crippen LogP contribution is 2.28. The van der Waals surface area contributed by atoms with E-state index >= 15 is 0 Å². The lowest BCUT2D eigenvalue weighted by Gasteiger charge is -2.24. The summed E-state index contributed by atoms with van der Waals surface area (Å²) in [6, 6.07) is 6.42. The maximum absolute atomic E-state index is 6.38. The lowest BCUT2D eigenvalue weighted by atomic mass is 10.2. The van der Waals surface area contributed by atoms with E-state index < -0.39 is 0 Å². The van der Waals surface area contributed by atoms with Crippen LogP contribution in [0.4, 0.5) is 5.69 Å². The maximum atomic E-state index is 6.38. The van der Waals surface area contributed by atoms with Gasteiger partial charge in [-0.3, -0.25) is 0 Å². The molecule has 0 amide bonds. The molecule has 0 unspecified atom stereocenters. The molecule has 1 fully saturated rings. The van der Waals surface area contributed by atoms with E-state index in [2.05, 4.69) is 28.4 Å². The first-order valence-corrected chi connectivity index (χ1v) is 6.87. The number of rotatable bonds is 3. The fourth-order valence-corrected chi connectivity index (χ4v) is 2.76. The Morgan fingerprint density at radius 2 is 1.88 bits per heavy atom. The van der Waals surface area contributed by atoms with Gasteiger partial charge in [0.05, 0.1) is 10.7 Å². The van der Waals surface area contributed by atoms with Crippen LogP contribution < -0.4 is 10.2 Å². The quantitative estimate of drug-likeness (QED) is 0.887. The number of nitrogens with zero attached hydrogens (tertiary/aromatic N) is 1. The number of benzene rings is 1. The van der Waals surface area contributed by atoms with Crippen molar-refractivity contribution in [3.8, 4) is 0 Å². The molecule has 1 aromatic rings. The minimum Gasteiger partial charge on any atom is -0.370 e. The van der Waals surface area contributed by atoms with Crippen LogP contribution in [0.25, 0.3) is 0 Å². The van der Waals surface area contributed by atoms with Gasteiger partial charge in [0, 0.05) is 19.6 Å². The zero-order chi connectivity index (χ0) is 12.1. The van der Waals surface area contributed by atoms with Crippen LogP contribution in [0.1, 0.15) is 31.2 Å². The Bertz CT molecular complexity index is 357. The molecule has 2 nitrogen and oxygen atoms in total. The average Bonchev–Trinajstić information content (AvgIpc) is 2.58. The Labute approximate surface area is 109 Å². The molecule has 1 aromatic carbocycles. The van der Waals surface area contributed by atoms with Gasteiger partial charge in [-0.1, -0.05) is 30.5 Å². The van der Waals surface area contributed by atoms with Crippen molar-refractivity contribution in [2.45, 2.75) is 32.2 Å². The van der Waals surface area contributed by atoms with E-state index in [1.807, 2.05) is 7.05 Å². The summed E-state index contributed by atoms with van der Waals surface area (Å²) < 4.78 is 0. The third kappa shape index (κ3) is 3.36. The summed E-state index contributed by atoms with van der Waals surface area (Å²) in [7, 11) is 1.95. The second-order valence-electron chi connectivity index (χ2n) is 4.72. The van der Waals surface area contributed by atoms with Crippen molar-refractivity contribution < 1.29 is 0 Å². The molecular formula is C14H21ClN2. The first-order valence-electron chi connectivity index (χ1n) is 6.49. The Balaban J connectivity index is 2.14. The molecule has 94 valence electrons. The lowest BCUT2D eigenvalue weighted by Crippen LogP contribution is -2.24. The Morgan fingerprint density at radius 3 is 2.47 bits per heavy atom. The second kappa shape index (κ2) is 6.27. The molecule has 0 aromatic heterocycles. The number of anilines is 1. The van der Waals surface area contributed by atoms with Crippen LogP contribution in [0.15, 0.2) is 18.2 Å². The van der Waals surface area contributed by atoms with Crippen LogP contribution in [0, 0.1) is 0 Å².